The summed E-state index contributed by atoms with van der Waals surface area (Å²) in [7, 11) is 1.66. The smallest absolute Gasteiger partial charge is 0.254 e. The van der Waals surface area contributed by atoms with Gasteiger partial charge >= 0.3 is 0 Å². The number of para-hydroxylation sites is 1. The number of piperidine rings is 1. The first-order valence-electron chi connectivity index (χ1n) is 10.9. The number of hydrogen-bond donors (Lipinski definition) is 3. The van der Waals surface area contributed by atoms with Gasteiger partial charge < -0.3 is 20.7 Å². The molecule has 1 saturated heterocycles. The maximum Gasteiger partial charge on any atom is 0.254 e. The molecule has 32 heavy (non-hydrogen) atoms. The Morgan fingerprint density at radius 3 is 2.53 bits per heavy atom. The number of benzene rings is 2. The summed E-state index contributed by atoms with van der Waals surface area (Å²) in [6, 6.07) is 14.0. The minimum Gasteiger partial charge on any atom is -0.497 e. The van der Waals surface area contributed by atoms with E-state index in [4.69, 9.17) is 4.74 Å². The number of fused-ring (bicyclic) bond motifs is 1. The average Bonchev–Trinajstić information content (AvgIpc) is 2.91. The standard InChI is InChI=1S/C24H28N4O4/c1-32-18-8-6-16(7-9-18)15-28-12-10-17(11-13-28)25-22(29)14-21-24(31)26-20-5-3-2-4-19(20)23(30)27-21/h2-9,17,21H,10-15H2,1H3,(H,25,29)(H,26,31)(H,27,30). The molecule has 0 aliphatic carbocycles. The van der Waals surface area contributed by atoms with Gasteiger partial charge in [-0.3, -0.25) is 19.3 Å². The molecule has 1 atom stereocenters. The van der Waals surface area contributed by atoms with Gasteiger partial charge in [-0.15, -0.1) is 0 Å². The van der Waals surface area contributed by atoms with Gasteiger partial charge in [0.25, 0.3) is 5.91 Å². The van der Waals surface area contributed by atoms with Crippen molar-refractivity contribution in [2.24, 2.45) is 0 Å². The van der Waals surface area contributed by atoms with Gasteiger partial charge in [-0.2, -0.15) is 0 Å². The third-order valence-electron chi connectivity index (χ3n) is 5.96. The third-order valence-corrected chi connectivity index (χ3v) is 5.96. The first kappa shape index (κ1) is 21.8. The van der Waals surface area contributed by atoms with Gasteiger partial charge in [0.05, 0.1) is 24.8 Å². The van der Waals surface area contributed by atoms with E-state index in [2.05, 4.69) is 33.0 Å². The summed E-state index contributed by atoms with van der Waals surface area (Å²) in [6.07, 6.45) is 1.60. The summed E-state index contributed by atoms with van der Waals surface area (Å²) in [6.45, 7) is 2.62. The van der Waals surface area contributed by atoms with E-state index in [0.29, 0.717) is 11.3 Å². The van der Waals surface area contributed by atoms with Crippen LogP contribution in [0.5, 0.6) is 5.75 Å². The number of ether oxygens (including phenoxy) is 1. The highest BCUT2D eigenvalue weighted by Gasteiger charge is 2.30. The number of amides is 3. The van der Waals surface area contributed by atoms with Crippen molar-refractivity contribution in [2.45, 2.75) is 37.9 Å². The number of methoxy groups -OCH3 is 1. The maximum absolute atomic E-state index is 12.6. The van der Waals surface area contributed by atoms with Crippen molar-refractivity contribution < 1.29 is 19.1 Å². The predicted molar refractivity (Wildman–Crippen MR) is 120 cm³/mol. The molecule has 2 heterocycles. The second-order valence-electron chi connectivity index (χ2n) is 8.23. The van der Waals surface area contributed by atoms with Crippen LogP contribution in [0.1, 0.15) is 35.2 Å². The molecule has 168 valence electrons. The lowest BCUT2D eigenvalue weighted by atomic mass is 10.0. The summed E-state index contributed by atoms with van der Waals surface area (Å²) in [5.74, 6) is -0.126. The SMILES string of the molecule is COc1ccc(CN2CCC(NC(=O)CC3NC(=O)c4ccccc4NC3=O)CC2)cc1. The maximum atomic E-state index is 12.6. The quantitative estimate of drug-likeness (QED) is 0.643. The van der Waals surface area contributed by atoms with E-state index in [9.17, 15) is 14.4 Å². The number of nitrogens with zero attached hydrogens (tertiary/aromatic N) is 1. The van der Waals surface area contributed by atoms with E-state index < -0.39 is 6.04 Å². The predicted octanol–water partition coefficient (Wildman–Crippen LogP) is 1.92. The normalized spacial score (nSPS) is 19.3. The van der Waals surface area contributed by atoms with Crippen molar-refractivity contribution in [3.05, 3.63) is 59.7 Å². The van der Waals surface area contributed by atoms with Crippen LogP contribution in [0.25, 0.3) is 0 Å². The zero-order valence-electron chi connectivity index (χ0n) is 18.1. The monoisotopic (exact) mass is 436 g/mol. The molecular formula is C24H28N4O4. The summed E-state index contributed by atoms with van der Waals surface area (Å²) >= 11 is 0. The van der Waals surface area contributed by atoms with Crippen molar-refractivity contribution in [3.8, 4) is 5.75 Å². The van der Waals surface area contributed by atoms with Crippen LogP contribution in [0, 0.1) is 0 Å². The van der Waals surface area contributed by atoms with Crippen LogP contribution in [0.4, 0.5) is 5.69 Å². The van der Waals surface area contributed by atoms with Crippen LogP contribution in [0.3, 0.4) is 0 Å². The van der Waals surface area contributed by atoms with Crippen molar-refractivity contribution in [2.75, 3.05) is 25.5 Å². The topological polar surface area (TPSA) is 99.8 Å². The van der Waals surface area contributed by atoms with Crippen LogP contribution in [-0.4, -0.2) is 54.9 Å². The number of hydrogen-bond acceptors (Lipinski definition) is 5. The Morgan fingerprint density at radius 1 is 1.09 bits per heavy atom. The van der Waals surface area contributed by atoms with Crippen molar-refractivity contribution in [1.82, 2.24) is 15.5 Å². The van der Waals surface area contributed by atoms with Crippen LogP contribution in [0.2, 0.25) is 0 Å². The second-order valence-corrected chi connectivity index (χ2v) is 8.23. The summed E-state index contributed by atoms with van der Waals surface area (Å²) in [5, 5.41) is 8.43. The van der Waals surface area contributed by atoms with Gasteiger partial charge in [-0.1, -0.05) is 24.3 Å². The van der Waals surface area contributed by atoms with E-state index >= 15 is 0 Å². The Labute approximate surface area is 187 Å². The molecule has 1 unspecified atom stereocenters. The minimum atomic E-state index is -0.898. The van der Waals surface area contributed by atoms with E-state index in [1.54, 1.807) is 31.4 Å². The first-order valence-corrected chi connectivity index (χ1v) is 10.9. The molecule has 0 spiro atoms. The Bertz CT molecular complexity index is 984. The zero-order valence-corrected chi connectivity index (χ0v) is 18.1. The van der Waals surface area contributed by atoms with Crippen LogP contribution in [-0.2, 0) is 16.1 Å². The minimum absolute atomic E-state index is 0.0661. The van der Waals surface area contributed by atoms with Gasteiger partial charge in [0.2, 0.25) is 11.8 Å². The van der Waals surface area contributed by atoms with Crippen molar-refractivity contribution in [3.63, 3.8) is 0 Å². The molecule has 3 amide bonds. The lowest BCUT2D eigenvalue weighted by Crippen LogP contribution is -2.48. The summed E-state index contributed by atoms with van der Waals surface area (Å²) in [5.41, 5.74) is 2.08. The molecule has 0 bridgehead atoms. The highest BCUT2D eigenvalue weighted by molar-refractivity contribution is 6.10. The highest BCUT2D eigenvalue weighted by Crippen LogP contribution is 2.20. The van der Waals surface area contributed by atoms with Crippen LogP contribution in [0.15, 0.2) is 48.5 Å². The molecule has 3 N–H and O–H groups in total. The molecule has 8 heteroatoms. The Balaban J connectivity index is 1.24. The molecule has 2 aliphatic heterocycles. The largest absolute Gasteiger partial charge is 0.497 e. The fourth-order valence-corrected chi connectivity index (χ4v) is 4.15. The Hall–Kier alpha value is -3.39. The molecule has 2 aromatic rings. The second kappa shape index (κ2) is 9.82. The molecule has 0 saturated carbocycles. The van der Waals surface area contributed by atoms with Crippen molar-refractivity contribution >= 4 is 23.4 Å². The number of rotatable bonds is 6. The highest BCUT2D eigenvalue weighted by atomic mass is 16.5. The van der Waals surface area contributed by atoms with E-state index in [1.807, 2.05) is 12.1 Å². The summed E-state index contributed by atoms with van der Waals surface area (Å²) < 4.78 is 5.20. The third kappa shape index (κ3) is 5.26. The van der Waals surface area contributed by atoms with Gasteiger partial charge in [0, 0.05) is 25.7 Å². The first-order chi connectivity index (χ1) is 15.5. The molecule has 0 radical (unpaired) electrons. The van der Waals surface area contributed by atoms with E-state index in [0.717, 1.165) is 38.2 Å². The van der Waals surface area contributed by atoms with Gasteiger partial charge in [0.1, 0.15) is 11.8 Å². The van der Waals surface area contributed by atoms with Gasteiger partial charge in [0.15, 0.2) is 0 Å². The molecule has 2 aromatic carbocycles. The number of carbonyl (C=O) groups is 3. The molecule has 8 nitrogen and oxygen atoms in total. The lowest BCUT2D eigenvalue weighted by Gasteiger charge is -2.32. The van der Waals surface area contributed by atoms with E-state index in [-0.39, 0.29) is 30.2 Å². The lowest BCUT2D eigenvalue weighted by molar-refractivity contribution is -0.126. The zero-order chi connectivity index (χ0) is 22.5. The van der Waals surface area contributed by atoms with Gasteiger partial charge in [-0.05, 0) is 42.7 Å². The number of nitrogens with one attached hydrogen (secondary N) is 3. The van der Waals surface area contributed by atoms with E-state index in [1.165, 1.54) is 5.56 Å². The van der Waals surface area contributed by atoms with Crippen LogP contribution < -0.4 is 20.7 Å². The summed E-state index contributed by atoms with van der Waals surface area (Å²) in [4.78, 5) is 39.8. The number of carbonyl (C=O) groups excluding carboxylic acids is 3. The Morgan fingerprint density at radius 2 is 1.81 bits per heavy atom. The fourth-order valence-electron chi connectivity index (χ4n) is 4.15. The molecule has 4 rings (SSSR count). The fraction of sp³-hybridized carbons (Fsp3) is 0.375. The Kier molecular flexibility index (Phi) is 6.70. The molecule has 1 fully saturated rings. The molecular weight excluding hydrogens is 408 g/mol. The van der Waals surface area contributed by atoms with Crippen LogP contribution >= 0.6 is 0 Å². The van der Waals surface area contributed by atoms with Crippen molar-refractivity contribution in [1.29, 1.82) is 0 Å². The molecule has 2 aliphatic rings. The average molecular weight is 437 g/mol. The molecule has 0 aromatic heterocycles. The number of likely N-dealkylation sites (tertiary alicyclic amines) is 1. The number of anilines is 1. The van der Waals surface area contributed by atoms with Gasteiger partial charge in [-0.25, -0.2) is 0 Å².